The molecule has 0 spiro atoms. The fourth-order valence-corrected chi connectivity index (χ4v) is 2.46. The summed E-state index contributed by atoms with van der Waals surface area (Å²) < 4.78 is 11.2. The van der Waals surface area contributed by atoms with Crippen LogP contribution in [0.1, 0.15) is 32.0 Å². The Bertz CT molecular complexity index is 794. The molecule has 2 aromatic heterocycles. The van der Waals surface area contributed by atoms with Crippen LogP contribution in [-0.2, 0) is 0 Å². The lowest BCUT2D eigenvalue weighted by Crippen LogP contribution is -2.18. The van der Waals surface area contributed by atoms with E-state index in [1.54, 1.807) is 25.6 Å². The summed E-state index contributed by atoms with van der Waals surface area (Å²) in [5.74, 6) is 1.22. The molecule has 0 amide bonds. The van der Waals surface area contributed by atoms with Gasteiger partial charge in [0.2, 0.25) is 5.82 Å². The first-order chi connectivity index (χ1) is 13.1. The zero-order valence-corrected chi connectivity index (χ0v) is 16.0. The number of pyridine rings is 1. The molecule has 2 heterocycles. The third kappa shape index (κ3) is 5.24. The van der Waals surface area contributed by atoms with Crippen LogP contribution in [0.4, 0.5) is 5.82 Å². The Balaban J connectivity index is 2.47. The highest BCUT2D eigenvalue weighted by Crippen LogP contribution is 2.33. The highest BCUT2D eigenvalue weighted by molar-refractivity contribution is 5.68. The molecular formula is C19H26N6O2. The number of nitrogens with zero attached hydrogens (tertiary/aromatic N) is 4. The maximum absolute atomic E-state index is 5.70. The summed E-state index contributed by atoms with van der Waals surface area (Å²) in [5.41, 5.74) is 7.65. The lowest BCUT2D eigenvalue weighted by molar-refractivity contribution is 0.313. The molecule has 144 valence electrons. The Kier molecular flexibility index (Phi) is 7.69. The molecule has 0 aliphatic rings. The van der Waals surface area contributed by atoms with Crippen molar-refractivity contribution in [2.45, 2.75) is 26.3 Å². The third-order valence-corrected chi connectivity index (χ3v) is 3.82. The molecule has 0 saturated carbocycles. The number of methoxy groups -OCH3 is 1. The first-order valence-electron chi connectivity index (χ1n) is 8.77. The highest BCUT2D eigenvalue weighted by Gasteiger charge is 2.16. The van der Waals surface area contributed by atoms with Crippen molar-refractivity contribution < 1.29 is 9.47 Å². The van der Waals surface area contributed by atoms with Gasteiger partial charge in [-0.2, -0.15) is 0 Å². The molecule has 0 fully saturated rings. The molecule has 1 atom stereocenters. The number of hydrogen-bond donors (Lipinski definition) is 2. The van der Waals surface area contributed by atoms with E-state index in [1.165, 1.54) is 0 Å². The van der Waals surface area contributed by atoms with E-state index in [1.807, 2.05) is 6.07 Å². The lowest BCUT2D eigenvalue weighted by atomic mass is 10.1. The van der Waals surface area contributed by atoms with Crippen molar-refractivity contribution in [3.05, 3.63) is 36.8 Å². The summed E-state index contributed by atoms with van der Waals surface area (Å²) in [5, 5.41) is 3.34. The van der Waals surface area contributed by atoms with Crippen LogP contribution in [0.5, 0.6) is 11.6 Å². The molecule has 3 N–H and O–H groups in total. The fraction of sp³-hybridized carbons (Fsp3) is 0.368. The van der Waals surface area contributed by atoms with Gasteiger partial charge in [-0.15, -0.1) is 6.58 Å². The van der Waals surface area contributed by atoms with E-state index >= 15 is 0 Å². The molecule has 8 nitrogen and oxygen atoms in total. The molecule has 0 radical (unpaired) electrons. The van der Waals surface area contributed by atoms with E-state index in [2.05, 4.69) is 45.7 Å². The highest BCUT2D eigenvalue weighted by atomic mass is 16.5. The Hall–Kier alpha value is -3.00. The van der Waals surface area contributed by atoms with E-state index in [-0.39, 0.29) is 6.04 Å². The Morgan fingerprint density at radius 2 is 2.19 bits per heavy atom. The van der Waals surface area contributed by atoms with Gasteiger partial charge >= 0.3 is 0 Å². The number of aromatic nitrogens is 3. The summed E-state index contributed by atoms with van der Waals surface area (Å²) in [6.07, 6.45) is 6.91. The quantitative estimate of drug-likeness (QED) is 0.286. The second-order valence-corrected chi connectivity index (χ2v) is 5.68. The molecule has 0 aliphatic heterocycles. The molecule has 0 aliphatic carbocycles. The summed E-state index contributed by atoms with van der Waals surface area (Å²) >= 11 is 0. The Labute approximate surface area is 159 Å². The molecule has 2 aromatic rings. The maximum Gasteiger partial charge on any atom is 0.260 e. The standard InChI is InChI=1S/C19H26N6O2/c1-5-7-8-27-19-18(24-12-20)23-10-16(25-19)14-9-15(13(3)21-6-2)22-11-17(14)26-4/h5,9-13,21H,1,6-8H2,2-4H3,(H2,20,23,24)/t13-/m1/s1. The van der Waals surface area contributed by atoms with Gasteiger partial charge in [0.15, 0.2) is 0 Å². The molecule has 0 saturated heterocycles. The minimum absolute atomic E-state index is 0.0945. The first-order valence-corrected chi connectivity index (χ1v) is 8.77. The van der Waals surface area contributed by atoms with Gasteiger partial charge in [-0.05, 0) is 26.0 Å². The van der Waals surface area contributed by atoms with Crippen molar-refractivity contribution in [2.24, 2.45) is 10.7 Å². The minimum Gasteiger partial charge on any atom is -0.494 e. The van der Waals surface area contributed by atoms with Gasteiger partial charge in [0.25, 0.3) is 5.88 Å². The molecule has 8 heteroatoms. The van der Waals surface area contributed by atoms with Crippen LogP contribution < -0.4 is 20.5 Å². The van der Waals surface area contributed by atoms with Crippen molar-refractivity contribution in [2.75, 3.05) is 20.3 Å². The van der Waals surface area contributed by atoms with Crippen LogP contribution in [0.25, 0.3) is 11.3 Å². The van der Waals surface area contributed by atoms with Crippen molar-refractivity contribution in [1.29, 1.82) is 0 Å². The zero-order chi connectivity index (χ0) is 19.6. The van der Waals surface area contributed by atoms with Gasteiger partial charge < -0.3 is 20.5 Å². The third-order valence-electron chi connectivity index (χ3n) is 3.82. The Morgan fingerprint density at radius 1 is 1.37 bits per heavy atom. The molecule has 0 bridgehead atoms. The molecular weight excluding hydrogens is 344 g/mol. The van der Waals surface area contributed by atoms with Crippen LogP contribution in [0.2, 0.25) is 0 Å². The van der Waals surface area contributed by atoms with E-state index in [4.69, 9.17) is 15.2 Å². The monoisotopic (exact) mass is 370 g/mol. The van der Waals surface area contributed by atoms with Crippen molar-refractivity contribution in [3.8, 4) is 22.9 Å². The number of rotatable bonds is 10. The smallest absolute Gasteiger partial charge is 0.260 e. The number of nitrogens with one attached hydrogen (secondary N) is 1. The maximum atomic E-state index is 5.70. The van der Waals surface area contributed by atoms with Crippen LogP contribution >= 0.6 is 0 Å². The van der Waals surface area contributed by atoms with Crippen LogP contribution in [-0.4, -0.2) is 41.6 Å². The van der Waals surface area contributed by atoms with Gasteiger partial charge in [0, 0.05) is 11.6 Å². The summed E-state index contributed by atoms with van der Waals surface area (Å²) in [6, 6.07) is 2.03. The average molecular weight is 370 g/mol. The lowest BCUT2D eigenvalue weighted by Gasteiger charge is -2.15. The first kappa shape index (κ1) is 20.3. The van der Waals surface area contributed by atoms with Gasteiger partial charge in [0.05, 0.1) is 43.8 Å². The predicted octanol–water partition coefficient (Wildman–Crippen LogP) is 2.79. The number of hydrogen-bond acceptors (Lipinski definition) is 7. The molecule has 2 rings (SSSR count). The van der Waals surface area contributed by atoms with Crippen molar-refractivity contribution in [3.63, 3.8) is 0 Å². The topological polar surface area (TPSA) is 108 Å². The van der Waals surface area contributed by atoms with E-state index in [0.29, 0.717) is 36.2 Å². The molecule has 27 heavy (non-hydrogen) atoms. The minimum atomic E-state index is 0.0945. The fourth-order valence-electron chi connectivity index (χ4n) is 2.46. The van der Waals surface area contributed by atoms with E-state index in [0.717, 1.165) is 24.1 Å². The SMILES string of the molecule is C=CCCOc1nc(-c2cc([C@@H](C)NCC)ncc2OC)cnc1N=CN. The largest absolute Gasteiger partial charge is 0.494 e. The number of aliphatic imine (C=N–C) groups is 1. The van der Waals surface area contributed by atoms with Crippen molar-refractivity contribution in [1.82, 2.24) is 20.3 Å². The Morgan fingerprint density at radius 3 is 2.85 bits per heavy atom. The summed E-state index contributed by atoms with van der Waals surface area (Å²) in [6.45, 7) is 9.05. The van der Waals surface area contributed by atoms with Crippen LogP contribution in [0.3, 0.4) is 0 Å². The van der Waals surface area contributed by atoms with Crippen LogP contribution in [0, 0.1) is 0 Å². The van der Waals surface area contributed by atoms with Gasteiger partial charge in [-0.25, -0.2) is 15.0 Å². The second kappa shape index (κ2) is 10.2. The predicted molar refractivity (Wildman–Crippen MR) is 107 cm³/mol. The average Bonchev–Trinajstić information content (AvgIpc) is 2.69. The van der Waals surface area contributed by atoms with Gasteiger partial charge in [0.1, 0.15) is 5.75 Å². The number of nitrogens with two attached hydrogens (primary N) is 1. The second-order valence-electron chi connectivity index (χ2n) is 5.68. The van der Waals surface area contributed by atoms with Crippen LogP contribution in [0.15, 0.2) is 36.1 Å². The van der Waals surface area contributed by atoms with Crippen molar-refractivity contribution >= 4 is 12.2 Å². The van der Waals surface area contributed by atoms with Gasteiger partial charge in [-0.3, -0.25) is 4.98 Å². The van der Waals surface area contributed by atoms with E-state index in [9.17, 15) is 0 Å². The van der Waals surface area contributed by atoms with E-state index < -0.39 is 0 Å². The number of ether oxygens (including phenoxy) is 2. The zero-order valence-electron chi connectivity index (χ0n) is 16.0. The summed E-state index contributed by atoms with van der Waals surface area (Å²) in [4.78, 5) is 17.4. The van der Waals surface area contributed by atoms with Gasteiger partial charge in [-0.1, -0.05) is 13.0 Å². The molecule has 0 aromatic carbocycles. The molecule has 0 unspecified atom stereocenters. The summed E-state index contributed by atoms with van der Waals surface area (Å²) in [7, 11) is 1.59. The normalized spacial score (nSPS) is 12.1.